The summed E-state index contributed by atoms with van der Waals surface area (Å²) in [5, 5.41) is 17.2. The highest BCUT2D eigenvalue weighted by molar-refractivity contribution is 6.30. The first-order valence-corrected chi connectivity index (χ1v) is 8.73. The molecular formula is C18H18ClN3O3. The molecule has 2 fully saturated rings. The van der Waals surface area contributed by atoms with Gasteiger partial charge in [-0.25, -0.2) is 0 Å². The molecule has 25 heavy (non-hydrogen) atoms. The van der Waals surface area contributed by atoms with Crippen LogP contribution in [-0.4, -0.2) is 45.2 Å². The molecule has 1 aliphatic heterocycles. The van der Waals surface area contributed by atoms with Gasteiger partial charge in [0, 0.05) is 35.6 Å². The van der Waals surface area contributed by atoms with E-state index in [2.05, 4.69) is 10.2 Å². The number of carboxylic acids is 1. The molecule has 2 heterocycles. The number of rotatable bonds is 4. The smallest absolute Gasteiger partial charge is 0.308 e. The van der Waals surface area contributed by atoms with E-state index in [1.807, 2.05) is 12.1 Å². The van der Waals surface area contributed by atoms with Crippen molar-refractivity contribution in [1.29, 1.82) is 0 Å². The van der Waals surface area contributed by atoms with Crippen molar-refractivity contribution in [2.75, 3.05) is 13.1 Å². The second-order valence-corrected chi connectivity index (χ2v) is 7.23. The Kier molecular flexibility index (Phi) is 4.00. The van der Waals surface area contributed by atoms with Crippen LogP contribution in [0.5, 0.6) is 0 Å². The second kappa shape index (κ2) is 6.19. The number of carbonyl (C=O) groups excluding carboxylic acids is 1. The Hall–Kier alpha value is -2.34. The summed E-state index contributed by atoms with van der Waals surface area (Å²) < 4.78 is 0. The Morgan fingerprint density at radius 3 is 2.56 bits per heavy atom. The van der Waals surface area contributed by atoms with Crippen molar-refractivity contribution in [2.45, 2.75) is 24.7 Å². The Bertz CT molecular complexity index is 813. The number of aromatic amines is 1. The molecule has 7 heteroatoms. The number of hydrogen-bond donors (Lipinski definition) is 2. The summed E-state index contributed by atoms with van der Waals surface area (Å²) in [7, 11) is 0. The number of carbonyl (C=O) groups is 2. The molecule has 4 rings (SSSR count). The first-order valence-electron chi connectivity index (χ1n) is 8.36. The number of H-pyrrole nitrogens is 1. The summed E-state index contributed by atoms with van der Waals surface area (Å²) in [5.41, 5.74) is 2.24. The van der Waals surface area contributed by atoms with Gasteiger partial charge in [0.25, 0.3) is 5.91 Å². The van der Waals surface area contributed by atoms with Gasteiger partial charge in [0.05, 0.1) is 5.92 Å². The predicted octanol–water partition coefficient (Wildman–Crippen LogP) is 2.88. The highest BCUT2D eigenvalue weighted by Gasteiger charge is 2.41. The first kappa shape index (κ1) is 16.1. The van der Waals surface area contributed by atoms with E-state index in [0.717, 1.165) is 24.1 Å². The van der Waals surface area contributed by atoms with Crippen molar-refractivity contribution in [3.05, 3.63) is 52.3 Å². The van der Waals surface area contributed by atoms with Gasteiger partial charge < -0.3 is 10.0 Å². The van der Waals surface area contributed by atoms with Gasteiger partial charge in [-0.05, 0) is 36.6 Å². The minimum absolute atomic E-state index is 0.188. The van der Waals surface area contributed by atoms with Crippen molar-refractivity contribution in [3.8, 4) is 0 Å². The van der Waals surface area contributed by atoms with Crippen LogP contribution in [0.4, 0.5) is 0 Å². The molecule has 2 N–H and O–H groups in total. The lowest BCUT2D eigenvalue weighted by Crippen LogP contribution is -2.30. The maximum absolute atomic E-state index is 12.7. The van der Waals surface area contributed by atoms with Crippen LogP contribution >= 0.6 is 11.6 Å². The molecule has 2 atom stereocenters. The molecule has 0 radical (unpaired) electrons. The summed E-state index contributed by atoms with van der Waals surface area (Å²) in [5.74, 6) is -1.50. The van der Waals surface area contributed by atoms with Crippen molar-refractivity contribution in [3.63, 3.8) is 0 Å². The molecule has 1 aliphatic carbocycles. The molecule has 2 aliphatic rings. The maximum atomic E-state index is 12.7. The minimum Gasteiger partial charge on any atom is -0.481 e. The number of amides is 1. The van der Waals surface area contributed by atoms with Crippen LogP contribution < -0.4 is 0 Å². The largest absolute Gasteiger partial charge is 0.481 e. The molecule has 2 aromatic rings. The third kappa shape index (κ3) is 3.14. The molecule has 1 saturated heterocycles. The number of carboxylic acid groups (broad SMARTS) is 1. The lowest BCUT2D eigenvalue weighted by Gasteiger charge is -2.15. The van der Waals surface area contributed by atoms with E-state index in [1.165, 1.54) is 0 Å². The van der Waals surface area contributed by atoms with Gasteiger partial charge in [-0.1, -0.05) is 23.7 Å². The molecule has 6 nitrogen and oxygen atoms in total. The molecule has 1 aromatic carbocycles. The number of hydrogen-bond acceptors (Lipinski definition) is 3. The fraction of sp³-hybridized carbons (Fsp3) is 0.389. The van der Waals surface area contributed by atoms with E-state index in [1.54, 1.807) is 23.1 Å². The van der Waals surface area contributed by atoms with E-state index in [-0.39, 0.29) is 18.4 Å². The van der Waals surface area contributed by atoms with Gasteiger partial charge in [-0.3, -0.25) is 14.7 Å². The Morgan fingerprint density at radius 2 is 1.92 bits per heavy atom. The van der Waals surface area contributed by atoms with Gasteiger partial charge >= 0.3 is 5.97 Å². The summed E-state index contributed by atoms with van der Waals surface area (Å²) in [6.45, 7) is 0.552. The predicted molar refractivity (Wildman–Crippen MR) is 91.8 cm³/mol. The molecule has 1 aromatic heterocycles. The van der Waals surface area contributed by atoms with Crippen LogP contribution in [0.1, 0.15) is 46.4 Å². The van der Waals surface area contributed by atoms with Crippen molar-refractivity contribution >= 4 is 23.5 Å². The van der Waals surface area contributed by atoms with E-state index in [9.17, 15) is 14.7 Å². The van der Waals surface area contributed by atoms with E-state index >= 15 is 0 Å². The van der Waals surface area contributed by atoms with Crippen LogP contribution in [0.2, 0.25) is 5.02 Å². The van der Waals surface area contributed by atoms with Crippen LogP contribution in [-0.2, 0) is 4.79 Å². The van der Waals surface area contributed by atoms with Crippen LogP contribution in [0.15, 0.2) is 30.3 Å². The molecule has 0 spiro atoms. The fourth-order valence-electron chi connectivity index (χ4n) is 3.48. The van der Waals surface area contributed by atoms with Gasteiger partial charge in [0.2, 0.25) is 0 Å². The van der Waals surface area contributed by atoms with Crippen LogP contribution in [0, 0.1) is 5.92 Å². The third-order valence-corrected chi connectivity index (χ3v) is 5.31. The zero-order chi connectivity index (χ0) is 17.6. The second-order valence-electron chi connectivity index (χ2n) is 6.80. The van der Waals surface area contributed by atoms with Gasteiger partial charge in [-0.2, -0.15) is 5.10 Å². The number of aliphatic carboxylic acids is 1. The summed E-state index contributed by atoms with van der Waals surface area (Å²) in [6.07, 6.45) is 2.25. The number of nitrogens with one attached hydrogen (secondary N) is 1. The highest BCUT2D eigenvalue weighted by atomic mass is 35.5. The van der Waals surface area contributed by atoms with E-state index < -0.39 is 11.9 Å². The highest BCUT2D eigenvalue weighted by Crippen LogP contribution is 2.39. The average Bonchev–Trinajstić information content (AvgIpc) is 3.16. The van der Waals surface area contributed by atoms with Crippen LogP contribution in [0.25, 0.3) is 0 Å². The molecule has 0 unspecified atom stereocenters. The molecule has 0 bridgehead atoms. The minimum atomic E-state index is -0.893. The van der Waals surface area contributed by atoms with Crippen molar-refractivity contribution < 1.29 is 14.7 Å². The average molecular weight is 360 g/mol. The lowest BCUT2D eigenvalue weighted by atomic mass is 9.89. The van der Waals surface area contributed by atoms with Crippen molar-refractivity contribution in [1.82, 2.24) is 15.1 Å². The maximum Gasteiger partial charge on any atom is 0.308 e. The molecule has 130 valence electrons. The topological polar surface area (TPSA) is 86.3 Å². The quantitative estimate of drug-likeness (QED) is 0.878. The number of benzene rings is 1. The Balaban J connectivity index is 1.55. The van der Waals surface area contributed by atoms with E-state index in [4.69, 9.17) is 11.6 Å². The third-order valence-electron chi connectivity index (χ3n) is 5.06. The molecular weight excluding hydrogens is 342 g/mol. The molecule has 1 amide bonds. The SMILES string of the molecule is O=C(O)[C@@H]1CN(C(=O)c2cc(C3CC3)[nH]n2)C[C@H]1c1ccc(Cl)cc1. The monoisotopic (exact) mass is 359 g/mol. The Labute approximate surface area is 149 Å². The van der Waals surface area contributed by atoms with Crippen LogP contribution in [0.3, 0.4) is 0 Å². The molecule has 1 saturated carbocycles. The zero-order valence-electron chi connectivity index (χ0n) is 13.5. The number of halogens is 1. The Morgan fingerprint density at radius 1 is 1.20 bits per heavy atom. The van der Waals surface area contributed by atoms with Gasteiger partial charge in [0.15, 0.2) is 0 Å². The number of nitrogens with zero attached hydrogens (tertiary/aromatic N) is 2. The summed E-state index contributed by atoms with van der Waals surface area (Å²) in [6, 6.07) is 8.95. The number of likely N-dealkylation sites (tertiary alicyclic amines) is 1. The summed E-state index contributed by atoms with van der Waals surface area (Å²) >= 11 is 5.92. The fourth-order valence-corrected chi connectivity index (χ4v) is 3.61. The summed E-state index contributed by atoms with van der Waals surface area (Å²) in [4.78, 5) is 26.0. The lowest BCUT2D eigenvalue weighted by molar-refractivity contribution is -0.141. The van der Waals surface area contributed by atoms with Gasteiger partial charge in [0.1, 0.15) is 5.69 Å². The van der Waals surface area contributed by atoms with E-state index in [0.29, 0.717) is 23.2 Å². The first-order chi connectivity index (χ1) is 12.0. The van der Waals surface area contributed by atoms with Gasteiger partial charge in [-0.15, -0.1) is 0 Å². The normalized spacial score (nSPS) is 23.0. The standard InChI is InChI=1S/C18H18ClN3O3/c19-12-5-3-10(4-6-12)13-8-22(9-14(13)18(24)25)17(23)16-7-15(20-21-16)11-1-2-11/h3-7,11,13-14H,1-2,8-9H2,(H,20,21)(H,24,25)/t13-,14+/m0/s1. The van der Waals surface area contributed by atoms with Crippen molar-refractivity contribution in [2.24, 2.45) is 5.92 Å². The number of aromatic nitrogens is 2. The zero-order valence-corrected chi connectivity index (χ0v) is 14.2.